The van der Waals surface area contributed by atoms with Gasteiger partial charge in [-0.2, -0.15) is 0 Å². The molecule has 0 unspecified atom stereocenters. The van der Waals surface area contributed by atoms with Gasteiger partial charge in [-0.3, -0.25) is 14.1 Å². The number of likely N-dealkylation sites (tertiary alicyclic amines) is 1. The van der Waals surface area contributed by atoms with Gasteiger partial charge in [0, 0.05) is 41.5 Å². The Morgan fingerprint density at radius 1 is 1.14 bits per heavy atom. The molecule has 42 heavy (non-hydrogen) atoms. The zero-order valence-electron chi connectivity index (χ0n) is 23.7. The molecule has 1 atom stereocenters. The third kappa shape index (κ3) is 5.86. The Kier molecular flexibility index (Phi) is 7.65. The van der Waals surface area contributed by atoms with E-state index >= 15 is 0 Å². The smallest absolute Gasteiger partial charge is 0.248 e. The molecular formula is C31H32N8O3. The number of amides is 1. The maximum atomic E-state index is 12.9. The van der Waals surface area contributed by atoms with E-state index in [1.54, 1.807) is 12.4 Å². The van der Waals surface area contributed by atoms with Crippen LogP contribution in [0.1, 0.15) is 25.3 Å². The fraction of sp³-hybridized carbons (Fsp3) is 0.258. The van der Waals surface area contributed by atoms with Crippen LogP contribution in [0.15, 0.2) is 73.5 Å². The lowest BCUT2D eigenvalue weighted by Crippen LogP contribution is -2.23. The lowest BCUT2D eigenvalue weighted by Gasteiger charge is -2.16. The van der Waals surface area contributed by atoms with E-state index < -0.39 is 0 Å². The fourth-order valence-corrected chi connectivity index (χ4v) is 5.08. The van der Waals surface area contributed by atoms with E-state index in [0.717, 1.165) is 41.8 Å². The number of ether oxygens (including phenoxy) is 2. The van der Waals surface area contributed by atoms with Crippen LogP contribution in [0.3, 0.4) is 0 Å². The van der Waals surface area contributed by atoms with Crippen molar-refractivity contribution in [2.75, 3.05) is 30.8 Å². The molecule has 0 bridgehead atoms. The normalized spacial score (nSPS) is 15.5. The molecule has 2 aromatic carbocycles. The van der Waals surface area contributed by atoms with Crippen LogP contribution in [0.4, 0.5) is 17.2 Å². The van der Waals surface area contributed by atoms with E-state index in [-0.39, 0.29) is 11.9 Å². The lowest BCUT2D eigenvalue weighted by atomic mass is 10.1. The Bertz CT molecular complexity index is 1780. The molecule has 11 nitrogen and oxygen atoms in total. The first-order chi connectivity index (χ1) is 20.5. The molecule has 214 valence electrons. The van der Waals surface area contributed by atoms with Gasteiger partial charge >= 0.3 is 0 Å². The summed E-state index contributed by atoms with van der Waals surface area (Å²) in [4.78, 5) is 24.0. The number of carbonyl (C=O) groups excluding carboxylic acids is 1. The molecule has 0 saturated carbocycles. The molecule has 1 fully saturated rings. The van der Waals surface area contributed by atoms with Crippen molar-refractivity contribution in [1.29, 1.82) is 0 Å². The number of pyridine rings is 1. The SMILES string of the molecule is CCOc1cc2ncnc(Nc3ccc(Oc4ccn5cnnc5c4)c(C)c3)c2cc1NC(=O)/C=C/[C@H]1CCCN1C. The Hall–Kier alpha value is -5.03. The highest BCUT2D eigenvalue weighted by Gasteiger charge is 2.18. The molecule has 0 radical (unpaired) electrons. The summed E-state index contributed by atoms with van der Waals surface area (Å²) in [5, 5.41) is 15.1. The number of hydrogen-bond donors (Lipinski definition) is 2. The highest BCUT2D eigenvalue weighted by atomic mass is 16.5. The zero-order chi connectivity index (χ0) is 29.1. The summed E-state index contributed by atoms with van der Waals surface area (Å²) in [6.45, 7) is 5.38. The predicted octanol–water partition coefficient (Wildman–Crippen LogP) is 5.50. The highest BCUT2D eigenvalue weighted by molar-refractivity contribution is 6.03. The number of benzene rings is 2. The van der Waals surface area contributed by atoms with Gasteiger partial charge < -0.3 is 20.1 Å². The van der Waals surface area contributed by atoms with Gasteiger partial charge in [0.1, 0.15) is 35.7 Å². The van der Waals surface area contributed by atoms with Gasteiger partial charge in [-0.05, 0) is 76.2 Å². The van der Waals surface area contributed by atoms with Crippen LogP contribution >= 0.6 is 0 Å². The van der Waals surface area contributed by atoms with Gasteiger partial charge in [0.25, 0.3) is 0 Å². The number of carbonyl (C=O) groups is 1. The largest absolute Gasteiger partial charge is 0.492 e. The third-order valence-corrected chi connectivity index (χ3v) is 7.28. The molecule has 1 aliphatic rings. The van der Waals surface area contributed by atoms with Crippen LogP contribution in [0.25, 0.3) is 16.6 Å². The van der Waals surface area contributed by atoms with Crippen molar-refractivity contribution in [3.05, 3.63) is 79.0 Å². The summed E-state index contributed by atoms with van der Waals surface area (Å²) in [6.07, 6.45) is 10.8. The van der Waals surface area contributed by atoms with Crippen LogP contribution < -0.4 is 20.1 Å². The number of aryl methyl sites for hydroxylation is 1. The Morgan fingerprint density at radius 3 is 2.86 bits per heavy atom. The average Bonchev–Trinajstić information content (AvgIpc) is 3.62. The molecule has 4 heterocycles. The maximum Gasteiger partial charge on any atom is 0.248 e. The Labute approximate surface area is 243 Å². The topological polar surface area (TPSA) is 119 Å². The molecule has 1 amide bonds. The van der Waals surface area contributed by atoms with Crippen molar-refractivity contribution < 1.29 is 14.3 Å². The summed E-state index contributed by atoms with van der Waals surface area (Å²) >= 11 is 0. The molecule has 6 rings (SSSR count). The third-order valence-electron chi connectivity index (χ3n) is 7.28. The number of likely N-dealkylation sites (N-methyl/N-ethyl adjacent to an activating group) is 1. The van der Waals surface area contributed by atoms with E-state index in [1.807, 2.05) is 73.0 Å². The first-order valence-corrected chi connectivity index (χ1v) is 13.9. The predicted molar refractivity (Wildman–Crippen MR) is 162 cm³/mol. The first-order valence-electron chi connectivity index (χ1n) is 13.9. The second-order valence-electron chi connectivity index (χ2n) is 10.2. The van der Waals surface area contributed by atoms with Crippen LogP contribution in [-0.2, 0) is 4.79 Å². The van der Waals surface area contributed by atoms with Crippen molar-refractivity contribution in [3.8, 4) is 17.2 Å². The molecule has 2 N–H and O–H groups in total. The van der Waals surface area contributed by atoms with Crippen molar-refractivity contribution in [2.45, 2.75) is 32.7 Å². The van der Waals surface area contributed by atoms with Gasteiger partial charge in [-0.15, -0.1) is 10.2 Å². The fourth-order valence-electron chi connectivity index (χ4n) is 5.08. The highest BCUT2D eigenvalue weighted by Crippen LogP contribution is 2.34. The van der Waals surface area contributed by atoms with Crippen molar-refractivity contribution in [1.82, 2.24) is 29.5 Å². The number of nitrogens with zero attached hydrogens (tertiary/aromatic N) is 6. The first kappa shape index (κ1) is 27.2. The van der Waals surface area contributed by atoms with Gasteiger partial charge in [-0.25, -0.2) is 9.97 Å². The minimum absolute atomic E-state index is 0.212. The van der Waals surface area contributed by atoms with Crippen molar-refractivity contribution >= 4 is 39.6 Å². The molecule has 3 aromatic heterocycles. The number of aromatic nitrogens is 5. The van der Waals surface area contributed by atoms with E-state index in [2.05, 4.69) is 42.7 Å². The molecule has 0 spiro atoms. The van der Waals surface area contributed by atoms with Gasteiger partial charge in [0.15, 0.2) is 5.65 Å². The average molecular weight is 565 g/mol. The quantitative estimate of drug-likeness (QED) is 0.224. The van der Waals surface area contributed by atoms with Crippen molar-refractivity contribution in [3.63, 3.8) is 0 Å². The zero-order valence-corrected chi connectivity index (χ0v) is 23.7. The monoisotopic (exact) mass is 564 g/mol. The molecule has 11 heteroatoms. The summed E-state index contributed by atoms with van der Waals surface area (Å²) < 4.78 is 13.8. The molecule has 5 aromatic rings. The lowest BCUT2D eigenvalue weighted by molar-refractivity contribution is -0.112. The minimum atomic E-state index is -0.212. The number of nitrogens with one attached hydrogen (secondary N) is 2. The van der Waals surface area contributed by atoms with Gasteiger partial charge in [-0.1, -0.05) is 6.08 Å². The Morgan fingerprint density at radius 2 is 2.05 bits per heavy atom. The van der Waals surface area contributed by atoms with E-state index in [4.69, 9.17) is 9.47 Å². The Balaban J connectivity index is 1.23. The number of hydrogen-bond acceptors (Lipinski definition) is 9. The van der Waals surface area contributed by atoms with E-state index in [1.165, 1.54) is 6.33 Å². The second kappa shape index (κ2) is 11.8. The number of fused-ring (bicyclic) bond motifs is 2. The van der Waals surface area contributed by atoms with Gasteiger partial charge in [0.05, 0.1) is 17.8 Å². The van der Waals surface area contributed by atoms with Crippen LogP contribution in [-0.4, -0.2) is 61.6 Å². The second-order valence-corrected chi connectivity index (χ2v) is 10.2. The molecule has 0 aliphatic carbocycles. The maximum absolute atomic E-state index is 12.9. The van der Waals surface area contributed by atoms with E-state index in [0.29, 0.717) is 40.8 Å². The minimum Gasteiger partial charge on any atom is -0.492 e. The summed E-state index contributed by atoms with van der Waals surface area (Å²) in [5.74, 6) is 2.34. The van der Waals surface area contributed by atoms with Crippen LogP contribution in [0.2, 0.25) is 0 Å². The molecular weight excluding hydrogens is 532 g/mol. The summed E-state index contributed by atoms with van der Waals surface area (Å²) in [7, 11) is 2.08. The number of anilines is 3. The van der Waals surface area contributed by atoms with E-state index in [9.17, 15) is 4.79 Å². The standard InChI is InChI=1S/C31H32N8O3/c1-4-41-28-17-25-24(16-26(28)36-30(40)10-8-22-6-5-12-38(22)3)31(33-18-32-25)35-21-7-9-27(20(2)14-21)42-23-11-13-39-19-34-37-29(39)15-23/h7-11,13-19,22H,4-6,12H2,1-3H3,(H,36,40)(H,32,33,35)/b10-8+/t22-/m1/s1. The van der Waals surface area contributed by atoms with Crippen LogP contribution in [0, 0.1) is 6.92 Å². The molecule has 1 aliphatic heterocycles. The number of rotatable bonds is 9. The van der Waals surface area contributed by atoms with Gasteiger partial charge in [0.2, 0.25) is 5.91 Å². The van der Waals surface area contributed by atoms with Crippen LogP contribution in [0.5, 0.6) is 17.2 Å². The molecule has 1 saturated heterocycles. The summed E-state index contributed by atoms with van der Waals surface area (Å²) in [6, 6.07) is 13.5. The van der Waals surface area contributed by atoms with Crippen molar-refractivity contribution in [2.24, 2.45) is 0 Å². The summed E-state index contributed by atoms with van der Waals surface area (Å²) in [5.41, 5.74) is 3.72.